The van der Waals surface area contributed by atoms with Gasteiger partial charge in [0.2, 0.25) is 5.91 Å². The van der Waals surface area contributed by atoms with Gasteiger partial charge in [0.15, 0.2) is 0 Å². The van der Waals surface area contributed by atoms with Gasteiger partial charge in [-0.05, 0) is 55.1 Å². The minimum atomic E-state index is -0.714. The maximum atomic E-state index is 12.3. The lowest BCUT2D eigenvalue weighted by atomic mass is 9.76. The summed E-state index contributed by atoms with van der Waals surface area (Å²) in [5.74, 6) is -0.115. The summed E-state index contributed by atoms with van der Waals surface area (Å²) >= 11 is 0. The Morgan fingerprint density at radius 3 is 2.30 bits per heavy atom. The Kier molecular flexibility index (Phi) is 4.97. The molecule has 1 spiro atoms. The topological polar surface area (TPSA) is 60.9 Å². The van der Waals surface area contributed by atoms with Crippen molar-refractivity contribution in [2.45, 2.75) is 58.0 Å². The third kappa shape index (κ3) is 3.88. The maximum Gasteiger partial charge on any atom is 0.320 e. The van der Waals surface area contributed by atoms with Gasteiger partial charge in [0.25, 0.3) is 0 Å². The van der Waals surface area contributed by atoms with Crippen LogP contribution in [0.5, 0.6) is 0 Å². The normalized spacial score (nSPS) is 25.1. The number of amides is 1. The Morgan fingerprint density at radius 1 is 1.11 bits per heavy atom. The third-order valence-corrected chi connectivity index (χ3v) is 6.77. The minimum absolute atomic E-state index is 0.0484. The molecule has 0 aromatic heterocycles. The molecule has 2 saturated heterocycles. The molecule has 4 rings (SSSR count). The number of nitrogens with zero attached hydrogens (tertiary/aromatic N) is 2. The van der Waals surface area contributed by atoms with Crippen LogP contribution in [0, 0.1) is 11.3 Å². The molecule has 1 N–H and O–H groups in total. The highest BCUT2D eigenvalue weighted by molar-refractivity contribution is 5.81. The third-order valence-electron chi connectivity index (χ3n) is 6.77. The SMILES string of the molecule is CCc1ccc(CN2CC3(CCN(C(=O)C4CC4)CC3)CC2C(=O)O)cc1. The van der Waals surface area contributed by atoms with Crippen LogP contribution in [0.2, 0.25) is 0 Å². The number of carboxylic acids is 1. The van der Waals surface area contributed by atoms with Crippen molar-refractivity contribution in [1.29, 1.82) is 0 Å². The van der Waals surface area contributed by atoms with Gasteiger partial charge in [0, 0.05) is 32.1 Å². The average Bonchev–Trinajstić information content (AvgIpc) is 3.46. The summed E-state index contributed by atoms with van der Waals surface area (Å²) < 4.78 is 0. The minimum Gasteiger partial charge on any atom is -0.480 e. The summed E-state index contributed by atoms with van der Waals surface area (Å²) in [6.07, 6.45) is 5.68. The summed E-state index contributed by atoms with van der Waals surface area (Å²) in [7, 11) is 0. The molecule has 1 aromatic rings. The number of piperidine rings is 1. The van der Waals surface area contributed by atoms with Crippen molar-refractivity contribution in [2.75, 3.05) is 19.6 Å². The van der Waals surface area contributed by atoms with Crippen LogP contribution in [0.25, 0.3) is 0 Å². The fourth-order valence-corrected chi connectivity index (χ4v) is 4.82. The molecule has 2 aliphatic heterocycles. The van der Waals surface area contributed by atoms with E-state index in [4.69, 9.17) is 0 Å². The maximum absolute atomic E-state index is 12.3. The molecular formula is C22H30N2O3. The van der Waals surface area contributed by atoms with E-state index in [-0.39, 0.29) is 11.3 Å². The first-order chi connectivity index (χ1) is 13.0. The lowest BCUT2D eigenvalue weighted by molar-refractivity contribution is -0.142. The highest BCUT2D eigenvalue weighted by Gasteiger charge is 2.49. The van der Waals surface area contributed by atoms with E-state index in [1.54, 1.807) is 0 Å². The molecule has 1 amide bonds. The Bertz CT molecular complexity index is 703. The van der Waals surface area contributed by atoms with E-state index in [1.807, 2.05) is 4.90 Å². The monoisotopic (exact) mass is 370 g/mol. The molecule has 146 valence electrons. The summed E-state index contributed by atoms with van der Waals surface area (Å²) in [4.78, 5) is 28.4. The first-order valence-electron chi connectivity index (χ1n) is 10.3. The predicted molar refractivity (Wildman–Crippen MR) is 103 cm³/mol. The van der Waals surface area contributed by atoms with Crippen molar-refractivity contribution in [1.82, 2.24) is 9.80 Å². The quantitative estimate of drug-likeness (QED) is 0.866. The van der Waals surface area contributed by atoms with Gasteiger partial charge < -0.3 is 10.0 Å². The first-order valence-corrected chi connectivity index (χ1v) is 10.3. The molecule has 0 bridgehead atoms. The largest absolute Gasteiger partial charge is 0.480 e. The number of rotatable bonds is 5. The number of aryl methyl sites for hydroxylation is 1. The van der Waals surface area contributed by atoms with E-state index in [0.29, 0.717) is 18.9 Å². The van der Waals surface area contributed by atoms with Gasteiger partial charge in [-0.3, -0.25) is 14.5 Å². The molecule has 27 heavy (non-hydrogen) atoms. The van der Waals surface area contributed by atoms with Crippen LogP contribution < -0.4 is 0 Å². The van der Waals surface area contributed by atoms with Crippen LogP contribution in [0.4, 0.5) is 0 Å². The zero-order chi connectivity index (χ0) is 19.0. The summed E-state index contributed by atoms with van der Waals surface area (Å²) in [5.41, 5.74) is 2.53. The van der Waals surface area contributed by atoms with Gasteiger partial charge in [-0.15, -0.1) is 0 Å². The highest BCUT2D eigenvalue weighted by atomic mass is 16.4. The molecule has 5 nitrogen and oxygen atoms in total. The Hall–Kier alpha value is -1.88. The number of likely N-dealkylation sites (tertiary alicyclic amines) is 2. The molecule has 2 heterocycles. The zero-order valence-corrected chi connectivity index (χ0v) is 16.2. The van der Waals surface area contributed by atoms with Crippen LogP contribution >= 0.6 is 0 Å². The van der Waals surface area contributed by atoms with Gasteiger partial charge in [-0.1, -0.05) is 31.2 Å². The fraction of sp³-hybridized carbons (Fsp3) is 0.636. The second kappa shape index (κ2) is 7.27. The molecule has 1 saturated carbocycles. The van der Waals surface area contributed by atoms with Crippen LogP contribution in [-0.4, -0.2) is 52.5 Å². The van der Waals surface area contributed by atoms with E-state index in [1.165, 1.54) is 11.1 Å². The Labute approximate surface area is 161 Å². The molecule has 3 aliphatic rings. The molecule has 5 heteroatoms. The van der Waals surface area contributed by atoms with Crippen LogP contribution in [0.1, 0.15) is 50.2 Å². The second-order valence-electron chi connectivity index (χ2n) is 8.73. The van der Waals surface area contributed by atoms with Crippen molar-refractivity contribution in [3.63, 3.8) is 0 Å². The van der Waals surface area contributed by atoms with Crippen LogP contribution in [-0.2, 0) is 22.6 Å². The fourth-order valence-electron chi connectivity index (χ4n) is 4.82. The number of hydrogen-bond acceptors (Lipinski definition) is 3. The molecule has 3 fully saturated rings. The van der Waals surface area contributed by atoms with E-state index in [2.05, 4.69) is 36.1 Å². The molecule has 1 aromatic carbocycles. The standard InChI is InChI=1S/C22H30N2O3/c1-2-16-3-5-17(6-4-16)14-24-15-22(13-19(24)21(26)27)9-11-23(12-10-22)20(25)18-7-8-18/h3-6,18-19H,2,7-15H2,1H3,(H,26,27). The zero-order valence-electron chi connectivity index (χ0n) is 16.2. The van der Waals surface area contributed by atoms with Gasteiger partial charge in [-0.25, -0.2) is 0 Å². The molecule has 1 unspecified atom stereocenters. The van der Waals surface area contributed by atoms with Gasteiger partial charge in [0.1, 0.15) is 6.04 Å². The van der Waals surface area contributed by atoms with Crippen molar-refractivity contribution in [2.24, 2.45) is 11.3 Å². The molecule has 1 aliphatic carbocycles. The summed E-state index contributed by atoms with van der Waals surface area (Å²) in [6.45, 7) is 5.24. The lowest BCUT2D eigenvalue weighted by Crippen LogP contribution is -2.44. The van der Waals surface area contributed by atoms with E-state index >= 15 is 0 Å². The van der Waals surface area contributed by atoms with Crippen molar-refractivity contribution in [3.05, 3.63) is 35.4 Å². The van der Waals surface area contributed by atoms with E-state index in [9.17, 15) is 14.7 Å². The Morgan fingerprint density at radius 2 is 1.74 bits per heavy atom. The lowest BCUT2D eigenvalue weighted by Gasteiger charge is -2.39. The van der Waals surface area contributed by atoms with Gasteiger partial charge in [0.05, 0.1) is 0 Å². The van der Waals surface area contributed by atoms with Crippen molar-refractivity contribution in [3.8, 4) is 0 Å². The van der Waals surface area contributed by atoms with E-state index < -0.39 is 12.0 Å². The van der Waals surface area contributed by atoms with Crippen LogP contribution in [0.3, 0.4) is 0 Å². The Balaban J connectivity index is 1.42. The molecule has 0 radical (unpaired) electrons. The number of carbonyl (C=O) groups is 2. The summed E-state index contributed by atoms with van der Waals surface area (Å²) in [6, 6.07) is 8.11. The van der Waals surface area contributed by atoms with Crippen molar-refractivity contribution >= 4 is 11.9 Å². The average molecular weight is 370 g/mol. The smallest absolute Gasteiger partial charge is 0.320 e. The first kappa shape index (κ1) is 18.5. The summed E-state index contributed by atoms with van der Waals surface area (Å²) in [5, 5.41) is 9.77. The number of aliphatic carboxylic acids is 1. The number of benzene rings is 1. The second-order valence-corrected chi connectivity index (χ2v) is 8.73. The number of hydrogen-bond donors (Lipinski definition) is 1. The van der Waals surface area contributed by atoms with Crippen molar-refractivity contribution < 1.29 is 14.7 Å². The number of carboxylic acid groups (broad SMARTS) is 1. The number of carbonyl (C=O) groups excluding carboxylic acids is 1. The van der Waals surface area contributed by atoms with Gasteiger partial charge >= 0.3 is 5.97 Å². The molecule has 1 atom stereocenters. The molecular weight excluding hydrogens is 340 g/mol. The van der Waals surface area contributed by atoms with Gasteiger partial charge in [-0.2, -0.15) is 0 Å². The van der Waals surface area contributed by atoms with E-state index in [0.717, 1.165) is 51.7 Å². The van der Waals surface area contributed by atoms with Crippen LogP contribution in [0.15, 0.2) is 24.3 Å². The predicted octanol–water partition coefficient (Wildman–Crippen LogP) is 2.93. The highest BCUT2D eigenvalue weighted by Crippen LogP contribution is 2.45.